The van der Waals surface area contributed by atoms with Gasteiger partial charge in [-0.05, 0) is 48.7 Å². The summed E-state index contributed by atoms with van der Waals surface area (Å²) in [6, 6.07) is 12.8. The molecule has 0 bridgehead atoms. The monoisotopic (exact) mass is 614 g/mol. The molecule has 1 saturated carbocycles. The Balaban J connectivity index is 1.41. The molecule has 1 aromatic heterocycles. The van der Waals surface area contributed by atoms with E-state index in [0.29, 0.717) is 50.3 Å². The predicted octanol–water partition coefficient (Wildman–Crippen LogP) is 6.64. The third kappa shape index (κ3) is 5.81. The van der Waals surface area contributed by atoms with E-state index in [0.717, 1.165) is 0 Å². The van der Waals surface area contributed by atoms with Crippen molar-refractivity contribution in [2.24, 2.45) is 0 Å². The Kier molecular flexibility index (Phi) is 7.70. The van der Waals surface area contributed by atoms with Crippen LogP contribution in [0.1, 0.15) is 34.3 Å². The van der Waals surface area contributed by atoms with Gasteiger partial charge < -0.3 is 15.7 Å². The Morgan fingerprint density at radius 1 is 1.07 bits per heavy atom. The highest BCUT2D eigenvalue weighted by molar-refractivity contribution is 6.33. The van der Waals surface area contributed by atoms with E-state index in [4.69, 9.17) is 16.9 Å². The summed E-state index contributed by atoms with van der Waals surface area (Å²) in [5.74, 6) is -5.81. The number of benzene rings is 3. The zero-order valence-corrected chi connectivity index (χ0v) is 22.7. The predicted molar refractivity (Wildman–Crippen MR) is 147 cm³/mol. The summed E-state index contributed by atoms with van der Waals surface area (Å²) >= 11 is 6.39. The van der Waals surface area contributed by atoms with Gasteiger partial charge in [0, 0.05) is 39.8 Å². The van der Waals surface area contributed by atoms with Crippen molar-refractivity contribution in [1.82, 2.24) is 10.3 Å². The molecule has 0 aliphatic heterocycles. The van der Waals surface area contributed by atoms with Crippen molar-refractivity contribution in [3.05, 3.63) is 94.1 Å². The highest BCUT2D eigenvalue weighted by Gasteiger charge is 2.63. The minimum absolute atomic E-state index is 0.270. The molecule has 0 unspecified atom stereocenters. The van der Waals surface area contributed by atoms with Crippen LogP contribution in [0.4, 0.5) is 27.6 Å². The molecule has 1 atom stereocenters. The molecular formula is C30H20ClF5N4O3. The molecule has 1 amide bonds. The standard InChI is InChI=1S/C30H20ClF5N4O3/c31-21-10-15(14-37)3-5-19(21)20-6-4-16(18-2-1-9-38-26(18)20)11-24(28(42)43)39-27(41)25-22(32)12-17(13-23(25)33)40-29(7-8-29)30(34,35)36/h1-6,9-10,12-13,24,40H,7-8,11H2,(H,39,41)(H,42,43)/t24-/m0/s1. The second kappa shape index (κ2) is 11.1. The summed E-state index contributed by atoms with van der Waals surface area (Å²) in [5.41, 5.74) is -1.51. The molecule has 220 valence electrons. The molecule has 3 N–H and O–H groups in total. The summed E-state index contributed by atoms with van der Waals surface area (Å²) in [6.45, 7) is 0. The van der Waals surface area contributed by atoms with E-state index in [1.54, 1.807) is 36.4 Å². The SMILES string of the molecule is N#Cc1ccc(-c2ccc(C[C@H](NC(=O)c3c(F)cc(NC4(C(F)(F)F)CC4)cc3F)C(=O)O)c3cccnc23)c(Cl)c1. The Hall–Kier alpha value is -4.76. The fraction of sp³-hybridized carbons (Fsp3) is 0.200. The van der Waals surface area contributed by atoms with Crippen LogP contribution in [0.5, 0.6) is 0 Å². The first-order chi connectivity index (χ1) is 20.3. The molecule has 5 rings (SSSR count). The van der Waals surface area contributed by atoms with Crippen molar-refractivity contribution in [3.8, 4) is 17.2 Å². The van der Waals surface area contributed by atoms with Crippen LogP contribution in [0, 0.1) is 23.0 Å². The van der Waals surface area contributed by atoms with Crippen LogP contribution >= 0.6 is 11.6 Å². The number of rotatable bonds is 8. The number of carboxylic acids is 1. The molecular weight excluding hydrogens is 595 g/mol. The van der Waals surface area contributed by atoms with Crippen LogP contribution in [-0.4, -0.2) is 39.7 Å². The zero-order chi connectivity index (χ0) is 31.1. The first-order valence-corrected chi connectivity index (χ1v) is 13.2. The normalized spacial score (nSPS) is 14.5. The molecule has 0 saturated heterocycles. The summed E-state index contributed by atoms with van der Waals surface area (Å²) < 4.78 is 69.4. The maximum atomic E-state index is 14.8. The van der Waals surface area contributed by atoms with Gasteiger partial charge in [-0.25, -0.2) is 13.6 Å². The topological polar surface area (TPSA) is 115 Å². The number of carbonyl (C=O) groups is 2. The van der Waals surface area contributed by atoms with Gasteiger partial charge in [0.1, 0.15) is 28.8 Å². The molecule has 4 aromatic rings. The number of nitrogens with one attached hydrogen (secondary N) is 2. The molecule has 1 fully saturated rings. The number of pyridine rings is 1. The van der Waals surface area contributed by atoms with Crippen LogP contribution in [0.15, 0.2) is 60.8 Å². The molecule has 1 aliphatic rings. The Labute approximate surface area is 245 Å². The van der Waals surface area contributed by atoms with E-state index in [9.17, 15) is 36.6 Å². The largest absolute Gasteiger partial charge is 0.480 e. The number of alkyl halides is 3. The summed E-state index contributed by atoms with van der Waals surface area (Å²) in [6.07, 6.45) is -3.96. The number of nitrogens with zero attached hydrogens (tertiary/aromatic N) is 2. The van der Waals surface area contributed by atoms with Crippen molar-refractivity contribution in [1.29, 1.82) is 5.26 Å². The van der Waals surface area contributed by atoms with Crippen LogP contribution < -0.4 is 10.6 Å². The van der Waals surface area contributed by atoms with Gasteiger partial charge in [-0.3, -0.25) is 9.78 Å². The van der Waals surface area contributed by atoms with E-state index in [-0.39, 0.29) is 19.3 Å². The highest BCUT2D eigenvalue weighted by atomic mass is 35.5. The zero-order valence-electron chi connectivity index (χ0n) is 21.9. The number of carbonyl (C=O) groups excluding carboxylic acids is 1. The number of carboxylic acid groups (broad SMARTS) is 1. The average Bonchev–Trinajstić information content (AvgIpc) is 3.73. The smallest absolute Gasteiger partial charge is 0.411 e. The quantitative estimate of drug-likeness (QED) is 0.192. The number of hydrogen-bond donors (Lipinski definition) is 3. The number of amides is 1. The van der Waals surface area contributed by atoms with Crippen molar-refractivity contribution in [2.75, 3.05) is 5.32 Å². The van der Waals surface area contributed by atoms with Crippen LogP contribution in [0.25, 0.3) is 22.0 Å². The summed E-state index contributed by atoms with van der Waals surface area (Å²) in [7, 11) is 0. The van der Waals surface area contributed by atoms with Gasteiger partial charge in [0.25, 0.3) is 5.91 Å². The molecule has 1 heterocycles. The number of hydrogen-bond acceptors (Lipinski definition) is 5. The van der Waals surface area contributed by atoms with Gasteiger partial charge in [0.2, 0.25) is 0 Å². The first-order valence-electron chi connectivity index (χ1n) is 12.8. The number of nitriles is 1. The van der Waals surface area contributed by atoms with Gasteiger partial charge in [0.15, 0.2) is 0 Å². The van der Waals surface area contributed by atoms with Crippen molar-refractivity contribution in [3.63, 3.8) is 0 Å². The van der Waals surface area contributed by atoms with E-state index in [1.807, 2.05) is 6.07 Å². The lowest BCUT2D eigenvalue weighted by atomic mass is 9.94. The number of fused-ring (bicyclic) bond motifs is 1. The van der Waals surface area contributed by atoms with E-state index in [2.05, 4.69) is 15.6 Å². The molecule has 43 heavy (non-hydrogen) atoms. The van der Waals surface area contributed by atoms with Gasteiger partial charge in [-0.15, -0.1) is 0 Å². The average molecular weight is 615 g/mol. The molecule has 0 spiro atoms. The maximum Gasteiger partial charge on any atom is 0.411 e. The number of aromatic nitrogens is 1. The van der Waals surface area contributed by atoms with Gasteiger partial charge in [0.05, 0.1) is 17.1 Å². The summed E-state index contributed by atoms with van der Waals surface area (Å²) in [5, 5.41) is 24.0. The number of halogens is 6. The second-order valence-corrected chi connectivity index (χ2v) is 10.5. The van der Waals surface area contributed by atoms with Gasteiger partial charge >= 0.3 is 12.1 Å². The lowest BCUT2D eigenvalue weighted by Crippen LogP contribution is -2.43. The Bertz CT molecular complexity index is 1800. The second-order valence-electron chi connectivity index (χ2n) is 10.1. The molecule has 0 radical (unpaired) electrons. The van der Waals surface area contributed by atoms with Gasteiger partial charge in [-0.2, -0.15) is 18.4 Å². The molecule has 1 aliphatic carbocycles. The highest BCUT2D eigenvalue weighted by Crippen LogP contribution is 2.51. The minimum Gasteiger partial charge on any atom is -0.480 e. The van der Waals surface area contributed by atoms with Crippen molar-refractivity contribution < 1.29 is 36.6 Å². The van der Waals surface area contributed by atoms with Crippen molar-refractivity contribution >= 4 is 40.1 Å². The molecule has 3 aromatic carbocycles. The summed E-state index contributed by atoms with van der Waals surface area (Å²) in [4.78, 5) is 29.4. The van der Waals surface area contributed by atoms with Crippen LogP contribution in [0.3, 0.4) is 0 Å². The molecule has 7 nitrogen and oxygen atoms in total. The van der Waals surface area contributed by atoms with Crippen LogP contribution in [0.2, 0.25) is 5.02 Å². The number of anilines is 1. The Morgan fingerprint density at radius 3 is 2.33 bits per heavy atom. The lowest BCUT2D eigenvalue weighted by molar-refractivity contribution is -0.151. The third-order valence-electron chi connectivity index (χ3n) is 7.22. The molecule has 13 heteroatoms. The Morgan fingerprint density at radius 2 is 1.74 bits per heavy atom. The van der Waals surface area contributed by atoms with Gasteiger partial charge in [-0.1, -0.05) is 35.9 Å². The minimum atomic E-state index is -4.64. The van der Waals surface area contributed by atoms with Crippen molar-refractivity contribution in [2.45, 2.75) is 37.0 Å². The lowest BCUT2D eigenvalue weighted by Gasteiger charge is -2.22. The first kappa shape index (κ1) is 29.7. The third-order valence-corrected chi connectivity index (χ3v) is 7.53. The van der Waals surface area contributed by atoms with Crippen LogP contribution in [-0.2, 0) is 11.2 Å². The van der Waals surface area contributed by atoms with E-state index < -0.39 is 52.5 Å². The number of aliphatic carboxylic acids is 1. The fourth-order valence-corrected chi connectivity index (χ4v) is 5.11. The maximum absolute atomic E-state index is 14.8. The van der Waals surface area contributed by atoms with E-state index in [1.165, 1.54) is 12.3 Å². The fourth-order valence-electron chi connectivity index (χ4n) is 4.82. The van der Waals surface area contributed by atoms with E-state index >= 15 is 0 Å².